The predicted octanol–water partition coefficient (Wildman–Crippen LogP) is 2.07. The van der Waals surface area contributed by atoms with Crippen molar-refractivity contribution < 1.29 is 13.6 Å². The van der Waals surface area contributed by atoms with Gasteiger partial charge in [0.05, 0.1) is 0 Å². The van der Waals surface area contributed by atoms with E-state index in [1.807, 2.05) is 0 Å². The molecular weight excluding hydrogens is 188 g/mol. The summed E-state index contributed by atoms with van der Waals surface area (Å²) in [5, 5.41) is 2.39. The zero-order chi connectivity index (χ0) is 10.6. The van der Waals surface area contributed by atoms with Gasteiger partial charge in [-0.05, 0) is 23.8 Å². The number of benzene rings is 1. The molecule has 0 aliphatic rings. The summed E-state index contributed by atoms with van der Waals surface area (Å²) in [5.41, 5.74) is 0.484. The van der Waals surface area contributed by atoms with E-state index in [2.05, 4.69) is 5.32 Å². The molecule has 0 radical (unpaired) electrons. The van der Waals surface area contributed by atoms with Gasteiger partial charge in [0.1, 0.15) is 0 Å². The highest BCUT2D eigenvalue weighted by atomic mass is 19.2. The van der Waals surface area contributed by atoms with Crippen molar-refractivity contribution in [1.29, 1.82) is 0 Å². The second kappa shape index (κ2) is 4.50. The predicted molar refractivity (Wildman–Crippen MR) is 49.2 cm³/mol. The minimum absolute atomic E-state index is 0.219. The van der Waals surface area contributed by atoms with Crippen molar-refractivity contribution in [2.24, 2.45) is 0 Å². The summed E-state index contributed by atoms with van der Waals surface area (Å²) in [6.07, 6.45) is 2.85. The zero-order valence-corrected chi connectivity index (χ0v) is 7.55. The molecule has 1 amide bonds. The molecular formula is C10H9F2NO. The molecule has 1 N–H and O–H groups in total. The normalized spacial score (nSPS) is 10.5. The van der Waals surface area contributed by atoms with Gasteiger partial charge in [-0.15, -0.1) is 0 Å². The van der Waals surface area contributed by atoms with Gasteiger partial charge in [-0.1, -0.05) is 6.07 Å². The molecule has 1 aromatic carbocycles. The highest BCUT2D eigenvalue weighted by Crippen LogP contribution is 2.09. The van der Waals surface area contributed by atoms with E-state index in [-0.39, 0.29) is 5.91 Å². The minimum atomic E-state index is -0.907. The summed E-state index contributed by atoms with van der Waals surface area (Å²) in [7, 11) is 0. The molecule has 0 heterocycles. The molecule has 0 atom stereocenters. The van der Waals surface area contributed by atoms with Gasteiger partial charge in [-0.2, -0.15) is 0 Å². The molecule has 1 aromatic rings. The van der Waals surface area contributed by atoms with Crippen LogP contribution in [0.15, 0.2) is 24.4 Å². The maximum Gasteiger partial charge on any atom is 0.220 e. The van der Waals surface area contributed by atoms with Crippen molar-refractivity contribution in [2.45, 2.75) is 6.92 Å². The van der Waals surface area contributed by atoms with Crippen LogP contribution in [0.2, 0.25) is 0 Å². The van der Waals surface area contributed by atoms with Gasteiger partial charge in [0.2, 0.25) is 5.91 Å². The monoisotopic (exact) mass is 197 g/mol. The van der Waals surface area contributed by atoms with Crippen LogP contribution < -0.4 is 5.32 Å². The van der Waals surface area contributed by atoms with E-state index in [0.29, 0.717) is 5.56 Å². The Kier molecular flexibility index (Phi) is 3.34. The van der Waals surface area contributed by atoms with Crippen LogP contribution in [-0.4, -0.2) is 5.91 Å². The summed E-state index contributed by atoms with van der Waals surface area (Å²) >= 11 is 0. The molecule has 1 rings (SSSR count). The number of halogens is 2. The van der Waals surface area contributed by atoms with E-state index in [4.69, 9.17) is 0 Å². The zero-order valence-electron chi connectivity index (χ0n) is 7.55. The lowest BCUT2D eigenvalue weighted by atomic mass is 10.2. The molecule has 0 unspecified atom stereocenters. The summed E-state index contributed by atoms with van der Waals surface area (Å²) in [6, 6.07) is 3.49. The molecule has 0 aliphatic carbocycles. The third-order valence-corrected chi connectivity index (χ3v) is 1.51. The van der Waals surface area contributed by atoms with Crippen LogP contribution in [-0.2, 0) is 4.79 Å². The number of rotatable bonds is 2. The van der Waals surface area contributed by atoms with Gasteiger partial charge in [-0.3, -0.25) is 4.79 Å². The van der Waals surface area contributed by atoms with Crippen LogP contribution in [0.3, 0.4) is 0 Å². The summed E-state index contributed by atoms with van der Waals surface area (Å²) in [4.78, 5) is 10.5. The van der Waals surface area contributed by atoms with Gasteiger partial charge in [0, 0.05) is 13.1 Å². The molecule has 0 aliphatic heterocycles. The summed E-state index contributed by atoms with van der Waals surface area (Å²) in [5.74, 6) is -2.01. The van der Waals surface area contributed by atoms with E-state index in [9.17, 15) is 13.6 Å². The summed E-state index contributed by atoms with van der Waals surface area (Å²) < 4.78 is 25.1. The Morgan fingerprint density at radius 3 is 2.64 bits per heavy atom. The van der Waals surface area contributed by atoms with Crippen LogP contribution >= 0.6 is 0 Å². The molecule has 2 nitrogen and oxygen atoms in total. The first-order chi connectivity index (χ1) is 6.59. The quantitative estimate of drug-likeness (QED) is 0.772. The standard InChI is InChI=1S/C10H9F2NO/c1-7(14)13-5-4-8-2-3-9(11)10(12)6-8/h2-6H,1H3,(H,13,14)/b5-4+. The number of carbonyl (C=O) groups is 1. The first kappa shape index (κ1) is 10.4. The van der Waals surface area contributed by atoms with Crippen LogP contribution in [0, 0.1) is 11.6 Å². The Labute approximate surface area is 80.2 Å². The molecule has 0 saturated carbocycles. The minimum Gasteiger partial charge on any atom is -0.333 e. The lowest BCUT2D eigenvalue weighted by Crippen LogP contribution is -2.11. The third kappa shape index (κ3) is 2.97. The Bertz CT molecular complexity index is 374. The average molecular weight is 197 g/mol. The van der Waals surface area contributed by atoms with E-state index in [1.165, 1.54) is 25.3 Å². The SMILES string of the molecule is CC(=O)N/C=C/c1ccc(F)c(F)c1. The van der Waals surface area contributed by atoms with Gasteiger partial charge in [0.15, 0.2) is 11.6 Å². The number of hydrogen-bond donors (Lipinski definition) is 1. The van der Waals surface area contributed by atoms with Crippen LogP contribution in [0.4, 0.5) is 8.78 Å². The van der Waals surface area contributed by atoms with E-state index in [0.717, 1.165) is 12.1 Å². The number of nitrogens with one attached hydrogen (secondary N) is 1. The third-order valence-electron chi connectivity index (χ3n) is 1.51. The first-order valence-corrected chi connectivity index (χ1v) is 3.98. The average Bonchev–Trinajstić information content (AvgIpc) is 2.10. The molecule has 0 spiro atoms. The van der Waals surface area contributed by atoms with Gasteiger partial charge >= 0.3 is 0 Å². The van der Waals surface area contributed by atoms with E-state index in [1.54, 1.807) is 0 Å². The Balaban J connectivity index is 2.73. The molecule has 4 heteroatoms. The van der Waals surface area contributed by atoms with Crippen molar-refractivity contribution in [3.05, 3.63) is 41.6 Å². The summed E-state index contributed by atoms with van der Waals surface area (Å²) in [6.45, 7) is 1.36. The smallest absolute Gasteiger partial charge is 0.220 e. The second-order valence-corrected chi connectivity index (χ2v) is 2.71. The van der Waals surface area contributed by atoms with Crippen LogP contribution in [0.25, 0.3) is 6.08 Å². The van der Waals surface area contributed by atoms with Crippen LogP contribution in [0.1, 0.15) is 12.5 Å². The Morgan fingerprint density at radius 2 is 2.07 bits per heavy atom. The fraction of sp³-hybridized carbons (Fsp3) is 0.100. The van der Waals surface area contributed by atoms with Gasteiger partial charge in [0.25, 0.3) is 0 Å². The Hall–Kier alpha value is -1.71. The van der Waals surface area contributed by atoms with Crippen molar-refractivity contribution in [3.8, 4) is 0 Å². The molecule has 74 valence electrons. The maximum absolute atomic E-state index is 12.7. The largest absolute Gasteiger partial charge is 0.333 e. The van der Waals surface area contributed by atoms with Crippen molar-refractivity contribution in [2.75, 3.05) is 0 Å². The second-order valence-electron chi connectivity index (χ2n) is 2.71. The highest BCUT2D eigenvalue weighted by Gasteiger charge is 1.99. The fourth-order valence-electron chi connectivity index (χ4n) is 0.871. The van der Waals surface area contributed by atoms with Gasteiger partial charge in [-0.25, -0.2) is 8.78 Å². The molecule has 0 aromatic heterocycles. The Morgan fingerprint density at radius 1 is 1.36 bits per heavy atom. The maximum atomic E-state index is 12.7. The van der Waals surface area contributed by atoms with Crippen LogP contribution in [0.5, 0.6) is 0 Å². The molecule has 0 bridgehead atoms. The van der Waals surface area contributed by atoms with E-state index >= 15 is 0 Å². The highest BCUT2D eigenvalue weighted by molar-refractivity contribution is 5.74. The number of hydrogen-bond acceptors (Lipinski definition) is 1. The fourth-order valence-corrected chi connectivity index (χ4v) is 0.871. The van der Waals surface area contributed by atoms with Crippen molar-refractivity contribution >= 4 is 12.0 Å². The lowest BCUT2D eigenvalue weighted by molar-refractivity contribution is -0.118. The van der Waals surface area contributed by atoms with E-state index < -0.39 is 11.6 Å². The first-order valence-electron chi connectivity index (χ1n) is 3.98. The molecule has 0 fully saturated rings. The number of carbonyl (C=O) groups excluding carboxylic acids is 1. The van der Waals surface area contributed by atoms with Gasteiger partial charge < -0.3 is 5.32 Å². The van der Waals surface area contributed by atoms with Crippen molar-refractivity contribution in [3.63, 3.8) is 0 Å². The molecule has 14 heavy (non-hydrogen) atoms. The lowest BCUT2D eigenvalue weighted by Gasteiger charge is -1.95. The topological polar surface area (TPSA) is 29.1 Å². The number of amides is 1. The molecule has 0 saturated heterocycles. The van der Waals surface area contributed by atoms with Crippen molar-refractivity contribution in [1.82, 2.24) is 5.32 Å².